The summed E-state index contributed by atoms with van der Waals surface area (Å²) in [4.78, 5) is 25.6. The number of hydrogen-bond donors (Lipinski definition) is 2. The summed E-state index contributed by atoms with van der Waals surface area (Å²) in [6.07, 6.45) is 5.63. The summed E-state index contributed by atoms with van der Waals surface area (Å²) in [6, 6.07) is 0.288. The molecule has 0 aromatic rings. The van der Waals surface area contributed by atoms with Crippen molar-refractivity contribution in [2.24, 2.45) is 23.5 Å². The second-order valence-electron chi connectivity index (χ2n) is 6.63. The van der Waals surface area contributed by atoms with Crippen LogP contribution in [0.25, 0.3) is 0 Å². The maximum atomic E-state index is 12.1. The first-order valence-corrected chi connectivity index (χ1v) is 7.96. The maximum absolute atomic E-state index is 12.1. The van der Waals surface area contributed by atoms with Crippen LogP contribution in [0.4, 0.5) is 0 Å². The number of fused-ring (bicyclic) bond motifs is 1. The molecule has 0 bridgehead atoms. The molecule has 5 nitrogen and oxygen atoms in total. The lowest BCUT2D eigenvalue weighted by Crippen LogP contribution is -2.34. The molecule has 3 aliphatic rings. The molecule has 2 saturated carbocycles. The Bertz CT molecular complexity index is 395. The van der Waals surface area contributed by atoms with Gasteiger partial charge in [0.1, 0.15) is 0 Å². The molecule has 20 heavy (non-hydrogen) atoms. The van der Waals surface area contributed by atoms with Gasteiger partial charge in [0.15, 0.2) is 0 Å². The fourth-order valence-electron chi connectivity index (χ4n) is 3.61. The van der Waals surface area contributed by atoms with Gasteiger partial charge in [-0.25, -0.2) is 0 Å². The van der Waals surface area contributed by atoms with E-state index in [9.17, 15) is 9.59 Å². The molecule has 1 saturated heterocycles. The molecular formula is C15H25N3O2. The molecule has 3 atom stereocenters. The van der Waals surface area contributed by atoms with Crippen molar-refractivity contribution in [1.29, 1.82) is 0 Å². The second-order valence-corrected chi connectivity index (χ2v) is 6.63. The quantitative estimate of drug-likeness (QED) is 0.719. The zero-order valence-corrected chi connectivity index (χ0v) is 12.0. The van der Waals surface area contributed by atoms with Gasteiger partial charge in [-0.05, 0) is 43.9 Å². The van der Waals surface area contributed by atoms with Crippen molar-refractivity contribution in [2.45, 2.75) is 44.6 Å². The highest BCUT2D eigenvalue weighted by atomic mass is 16.2. The average molecular weight is 279 g/mol. The zero-order chi connectivity index (χ0) is 14.1. The monoisotopic (exact) mass is 279 g/mol. The highest BCUT2D eigenvalue weighted by molar-refractivity contribution is 5.81. The Hall–Kier alpha value is -1.10. The van der Waals surface area contributed by atoms with Crippen LogP contribution in [0.15, 0.2) is 0 Å². The van der Waals surface area contributed by atoms with E-state index in [2.05, 4.69) is 5.32 Å². The van der Waals surface area contributed by atoms with E-state index in [1.54, 1.807) is 0 Å². The van der Waals surface area contributed by atoms with Crippen molar-refractivity contribution in [3.63, 3.8) is 0 Å². The fourth-order valence-corrected chi connectivity index (χ4v) is 3.61. The van der Waals surface area contributed by atoms with Crippen LogP contribution in [-0.2, 0) is 9.59 Å². The Morgan fingerprint density at radius 3 is 2.65 bits per heavy atom. The summed E-state index contributed by atoms with van der Waals surface area (Å²) in [5.74, 6) is 1.80. The van der Waals surface area contributed by atoms with E-state index in [4.69, 9.17) is 5.73 Å². The molecule has 0 aromatic carbocycles. The van der Waals surface area contributed by atoms with Gasteiger partial charge in [0.05, 0.1) is 0 Å². The first kappa shape index (κ1) is 13.9. The first-order valence-electron chi connectivity index (χ1n) is 7.96. The molecule has 112 valence electrons. The largest absolute Gasteiger partial charge is 0.356 e. The minimum absolute atomic E-state index is 0.166. The molecule has 0 aromatic heterocycles. The minimum atomic E-state index is 0.166. The number of nitrogens with zero attached hydrogens (tertiary/aromatic N) is 1. The molecule has 1 aliphatic heterocycles. The normalized spacial score (nSPS) is 32.2. The van der Waals surface area contributed by atoms with Gasteiger partial charge >= 0.3 is 0 Å². The standard InChI is InChI=1S/C15H25N3O2/c16-13-6-5-11-8-18(9-12(11)13)14(19)2-1-7-17-15(20)10-3-4-10/h10-13H,1-9,16H2,(H,17,20). The number of hydrogen-bond acceptors (Lipinski definition) is 3. The predicted molar refractivity (Wildman–Crippen MR) is 75.7 cm³/mol. The van der Waals surface area contributed by atoms with Crippen molar-refractivity contribution >= 4 is 11.8 Å². The van der Waals surface area contributed by atoms with Gasteiger partial charge in [0, 0.05) is 38.0 Å². The molecule has 2 amide bonds. The highest BCUT2D eigenvalue weighted by Crippen LogP contribution is 2.37. The topological polar surface area (TPSA) is 75.4 Å². The molecule has 3 N–H and O–H groups in total. The van der Waals surface area contributed by atoms with Gasteiger partial charge in [0.25, 0.3) is 0 Å². The van der Waals surface area contributed by atoms with Gasteiger partial charge in [-0.3, -0.25) is 9.59 Å². The Balaban J connectivity index is 1.34. The number of likely N-dealkylation sites (tertiary alicyclic amines) is 1. The van der Waals surface area contributed by atoms with Gasteiger partial charge in [-0.1, -0.05) is 0 Å². The third-order valence-electron chi connectivity index (χ3n) is 5.08. The molecule has 3 unspecified atom stereocenters. The lowest BCUT2D eigenvalue weighted by atomic mass is 9.98. The third-order valence-corrected chi connectivity index (χ3v) is 5.08. The Labute approximate surface area is 120 Å². The van der Waals surface area contributed by atoms with Gasteiger partial charge in [-0.15, -0.1) is 0 Å². The van der Waals surface area contributed by atoms with Crippen LogP contribution in [0, 0.1) is 17.8 Å². The number of nitrogens with two attached hydrogens (primary N) is 1. The van der Waals surface area contributed by atoms with E-state index in [-0.39, 0.29) is 23.8 Å². The Morgan fingerprint density at radius 2 is 1.95 bits per heavy atom. The SMILES string of the molecule is NC1CCC2CN(C(=O)CCCNC(=O)C3CC3)CC12. The smallest absolute Gasteiger partial charge is 0.223 e. The van der Waals surface area contributed by atoms with E-state index in [0.717, 1.165) is 38.8 Å². The van der Waals surface area contributed by atoms with Crippen molar-refractivity contribution in [3.8, 4) is 0 Å². The molecule has 3 rings (SSSR count). The summed E-state index contributed by atoms with van der Waals surface area (Å²) < 4.78 is 0. The first-order chi connectivity index (χ1) is 9.65. The average Bonchev–Trinajstić information content (AvgIpc) is 3.11. The number of rotatable bonds is 5. The Kier molecular flexibility index (Phi) is 3.96. The van der Waals surface area contributed by atoms with Crippen molar-refractivity contribution < 1.29 is 9.59 Å². The summed E-state index contributed by atoms with van der Waals surface area (Å²) in [5, 5.41) is 2.91. The Morgan fingerprint density at radius 1 is 1.15 bits per heavy atom. The van der Waals surface area contributed by atoms with Gasteiger partial charge in [0.2, 0.25) is 11.8 Å². The van der Waals surface area contributed by atoms with Crippen LogP contribution in [0.1, 0.15) is 38.5 Å². The van der Waals surface area contributed by atoms with E-state index >= 15 is 0 Å². The molecule has 3 fully saturated rings. The molecular weight excluding hydrogens is 254 g/mol. The molecule has 5 heteroatoms. The third kappa shape index (κ3) is 2.97. The number of nitrogens with one attached hydrogen (secondary N) is 1. The summed E-state index contributed by atoms with van der Waals surface area (Å²) in [5.41, 5.74) is 6.09. The predicted octanol–water partition coefficient (Wildman–Crippen LogP) is 0.488. The summed E-state index contributed by atoms with van der Waals surface area (Å²) in [6.45, 7) is 2.37. The van der Waals surface area contributed by atoms with E-state index in [0.29, 0.717) is 24.8 Å². The molecule has 0 spiro atoms. The molecule has 0 radical (unpaired) electrons. The highest BCUT2D eigenvalue weighted by Gasteiger charge is 2.42. The van der Waals surface area contributed by atoms with Crippen LogP contribution in [0.3, 0.4) is 0 Å². The summed E-state index contributed by atoms with van der Waals surface area (Å²) in [7, 11) is 0. The van der Waals surface area contributed by atoms with E-state index < -0.39 is 0 Å². The van der Waals surface area contributed by atoms with Crippen LogP contribution in [0.2, 0.25) is 0 Å². The fraction of sp³-hybridized carbons (Fsp3) is 0.867. The second kappa shape index (κ2) is 5.72. The zero-order valence-electron chi connectivity index (χ0n) is 12.0. The van der Waals surface area contributed by atoms with E-state index in [1.807, 2.05) is 4.90 Å². The molecule has 1 heterocycles. The van der Waals surface area contributed by atoms with Gasteiger partial charge in [-0.2, -0.15) is 0 Å². The lowest BCUT2D eigenvalue weighted by Gasteiger charge is -2.18. The van der Waals surface area contributed by atoms with Crippen molar-refractivity contribution in [1.82, 2.24) is 10.2 Å². The van der Waals surface area contributed by atoms with Crippen molar-refractivity contribution in [2.75, 3.05) is 19.6 Å². The van der Waals surface area contributed by atoms with E-state index in [1.165, 1.54) is 6.42 Å². The van der Waals surface area contributed by atoms with Gasteiger partial charge < -0.3 is 16.0 Å². The van der Waals surface area contributed by atoms with Crippen LogP contribution in [-0.4, -0.2) is 42.4 Å². The maximum Gasteiger partial charge on any atom is 0.223 e. The number of carbonyl (C=O) groups is 2. The molecule has 2 aliphatic carbocycles. The number of carbonyl (C=O) groups excluding carboxylic acids is 2. The van der Waals surface area contributed by atoms with Crippen LogP contribution in [0.5, 0.6) is 0 Å². The number of amides is 2. The minimum Gasteiger partial charge on any atom is -0.356 e. The lowest BCUT2D eigenvalue weighted by molar-refractivity contribution is -0.130. The van der Waals surface area contributed by atoms with Crippen molar-refractivity contribution in [3.05, 3.63) is 0 Å². The summed E-state index contributed by atoms with van der Waals surface area (Å²) >= 11 is 0. The van der Waals surface area contributed by atoms with Crippen LogP contribution < -0.4 is 11.1 Å². The van der Waals surface area contributed by atoms with Crippen LogP contribution >= 0.6 is 0 Å².